The molecule has 0 fully saturated rings. The van der Waals surface area contributed by atoms with Crippen molar-refractivity contribution < 1.29 is 9.59 Å². The lowest BCUT2D eigenvalue weighted by Gasteiger charge is -2.06. The normalized spacial score (nSPS) is 10.4. The summed E-state index contributed by atoms with van der Waals surface area (Å²) in [6.45, 7) is 4.04. The smallest absolute Gasteiger partial charge is 0.270 e. The molecule has 3 aromatic rings. The number of carbonyl (C=O) groups is 2. The third-order valence-electron chi connectivity index (χ3n) is 4.09. The van der Waals surface area contributed by atoms with Crippen molar-refractivity contribution in [3.05, 3.63) is 70.7 Å². The van der Waals surface area contributed by atoms with Gasteiger partial charge in [-0.1, -0.05) is 36.4 Å². The van der Waals surface area contributed by atoms with E-state index in [1.54, 1.807) is 5.38 Å². The molecule has 0 aliphatic heterocycles. The van der Waals surface area contributed by atoms with Crippen molar-refractivity contribution in [1.29, 1.82) is 0 Å². The first-order valence-corrected chi connectivity index (χ1v) is 9.57. The number of nitrogens with one attached hydrogen (secondary N) is 2. The first kappa shape index (κ1) is 18.8. The highest BCUT2D eigenvalue weighted by Crippen LogP contribution is 2.26. The lowest BCUT2D eigenvalue weighted by molar-refractivity contribution is -0.114. The SMILES string of the molecule is CC(=O)Nc1ccc(CCNC(=O)c2csc(-c3ccccc3C)n2)cc1. The van der Waals surface area contributed by atoms with E-state index >= 15 is 0 Å². The van der Waals surface area contributed by atoms with Crippen LogP contribution in [-0.4, -0.2) is 23.3 Å². The number of hydrogen-bond acceptors (Lipinski definition) is 4. The van der Waals surface area contributed by atoms with Gasteiger partial charge in [-0.3, -0.25) is 9.59 Å². The number of aromatic nitrogens is 1. The molecule has 2 aromatic carbocycles. The highest BCUT2D eigenvalue weighted by atomic mass is 32.1. The molecule has 1 heterocycles. The highest BCUT2D eigenvalue weighted by Gasteiger charge is 2.12. The van der Waals surface area contributed by atoms with E-state index in [0.29, 0.717) is 18.7 Å². The van der Waals surface area contributed by atoms with Crippen LogP contribution < -0.4 is 10.6 Å². The molecule has 27 heavy (non-hydrogen) atoms. The second kappa shape index (κ2) is 8.60. The lowest BCUT2D eigenvalue weighted by Crippen LogP contribution is -2.25. The molecule has 6 heteroatoms. The fourth-order valence-corrected chi connectivity index (χ4v) is 3.57. The Labute approximate surface area is 162 Å². The Kier molecular flexibility index (Phi) is 5.98. The molecule has 0 radical (unpaired) electrons. The summed E-state index contributed by atoms with van der Waals surface area (Å²) in [5.41, 5.74) is 4.49. The summed E-state index contributed by atoms with van der Waals surface area (Å²) in [5.74, 6) is -0.260. The predicted molar refractivity (Wildman–Crippen MR) is 109 cm³/mol. The van der Waals surface area contributed by atoms with Crippen LogP contribution in [0.25, 0.3) is 10.6 Å². The van der Waals surface area contributed by atoms with E-state index in [2.05, 4.69) is 15.6 Å². The second-order valence-electron chi connectivity index (χ2n) is 6.24. The summed E-state index contributed by atoms with van der Waals surface area (Å²) >= 11 is 1.47. The minimum atomic E-state index is -0.166. The topological polar surface area (TPSA) is 71.1 Å². The quantitative estimate of drug-likeness (QED) is 0.679. The molecule has 1 aromatic heterocycles. The maximum absolute atomic E-state index is 12.3. The van der Waals surface area contributed by atoms with E-state index in [1.165, 1.54) is 18.3 Å². The molecule has 0 saturated heterocycles. The van der Waals surface area contributed by atoms with E-state index in [9.17, 15) is 9.59 Å². The van der Waals surface area contributed by atoms with Crippen molar-refractivity contribution in [1.82, 2.24) is 10.3 Å². The number of carbonyl (C=O) groups excluding carboxylic acids is 2. The number of thiazole rings is 1. The molecule has 0 aliphatic rings. The number of amides is 2. The van der Waals surface area contributed by atoms with Gasteiger partial charge in [-0.2, -0.15) is 0 Å². The fourth-order valence-electron chi connectivity index (χ4n) is 2.68. The van der Waals surface area contributed by atoms with Crippen molar-refractivity contribution in [3.8, 4) is 10.6 Å². The molecule has 0 aliphatic carbocycles. The molecule has 0 bridgehead atoms. The van der Waals surface area contributed by atoms with Crippen molar-refractivity contribution >= 4 is 28.8 Å². The van der Waals surface area contributed by atoms with Gasteiger partial charge >= 0.3 is 0 Å². The first-order valence-electron chi connectivity index (χ1n) is 8.69. The Bertz CT molecular complexity index is 948. The van der Waals surface area contributed by atoms with E-state index in [4.69, 9.17) is 0 Å². The number of aryl methyl sites for hydroxylation is 1. The molecule has 3 rings (SSSR count). The maximum atomic E-state index is 12.3. The van der Waals surface area contributed by atoms with Crippen molar-refractivity contribution in [2.24, 2.45) is 0 Å². The van der Waals surface area contributed by atoms with Crippen LogP contribution in [0.3, 0.4) is 0 Å². The van der Waals surface area contributed by atoms with Gasteiger partial charge in [-0.15, -0.1) is 11.3 Å². The molecule has 0 unspecified atom stereocenters. The average Bonchev–Trinajstić information content (AvgIpc) is 3.13. The van der Waals surface area contributed by atoms with E-state index in [-0.39, 0.29) is 11.8 Å². The highest BCUT2D eigenvalue weighted by molar-refractivity contribution is 7.13. The second-order valence-corrected chi connectivity index (χ2v) is 7.09. The Balaban J connectivity index is 1.54. The number of benzene rings is 2. The van der Waals surface area contributed by atoms with Gasteiger partial charge in [-0.05, 0) is 36.6 Å². The molecular weight excluding hydrogens is 358 g/mol. The zero-order valence-electron chi connectivity index (χ0n) is 15.3. The molecule has 5 nitrogen and oxygen atoms in total. The van der Waals surface area contributed by atoms with Gasteiger partial charge < -0.3 is 10.6 Å². The molecule has 0 atom stereocenters. The van der Waals surface area contributed by atoms with Gasteiger partial charge in [0.2, 0.25) is 5.91 Å². The molecular formula is C21H21N3O2S. The van der Waals surface area contributed by atoms with Crippen LogP contribution in [0.4, 0.5) is 5.69 Å². The predicted octanol–water partition coefficient (Wildman–Crippen LogP) is 4.05. The zero-order chi connectivity index (χ0) is 19.2. The van der Waals surface area contributed by atoms with E-state index in [1.807, 2.05) is 55.5 Å². The van der Waals surface area contributed by atoms with Gasteiger partial charge in [-0.25, -0.2) is 4.98 Å². The van der Waals surface area contributed by atoms with Crippen LogP contribution in [0.2, 0.25) is 0 Å². The summed E-state index contributed by atoms with van der Waals surface area (Å²) in [4.78, 5) is 27.8. The molecule has 2 amide bonds. The van der Waals surface area contributed by atoms with Crippen molar-refractivity contribution in [3.63, 3.8) is 0 Å². The Morgan fingerprint density at radius 1 is 1.07 bits per heavy atom. The number of rotatable bonds is 6. The Morgan fingerprint density at radius 2 is 1.81 bits per heavy atom. The largest absolute Gasteiger partial charge is 0.350 e. The Hall–Kier alpha value is -2.99. The number of anilines is 1. The third-order valence-corrected chi connectivity index (χ3v) is 4.96. The van der Waals surface area contributed by atoms with Crippen LogP contribution >= 0.6 is 11.3 Å². The number of hydrogen-bond donors (Lipinski definition) is 2. The van der Waals surface area contributed by atoms with Gasteiger partial charge in [0.25, 0.3) is 5.91 Å². The molecule has 0 saturated carbocycles. The fraction of sp³-hybridized carbons (Fsp3) is 0.190. The van der Waals surface area contributed by atoms with Crippen LogP contribution in [-0.2, 0) is 11.2 Å². The van der Waals surface area contributed by atoms with Gasteiger partial charge in [0.15, 0.2) is 0 Å². The third kappa shape index (κ3) is 5.01. The summed E-state index contributed by atoms with van der Waals surface area (Å²) in [6, 6.07) is 15.6. The standard InChI is InChI=1S/C21H21N3O2S/c1-14-5-3-4-6-18(14)21-24-19(13-27-21)20(26)22-12-11-16-7-9-17(10-8-16)23-15(2)25/h3-10,13H,11-12H2,1-2H3,(H,22,26)(H,23,25). The van der Waals surface area contributed by atoms with Crippen molar-refractivity contribution in [2.45, 2.75) is 20.3 Å². The minimum Gasteiger partial charge on any atom is -0.350 e. The summed E-state index contributed by atoms with van der Waals surface area (Å²) in [6.07, 6.45) is 0.709. The first-order chi connectivity index (χ1) is 13.0. The number of nitrogens with zero attached hydrogens (tertiary/aromatic N) is 1. The van der Waals surface area contributed by atoms with Crippen LogP contribution in [0.5, 0.6) is 0 Å². The van der Waals surface area contributed by atoms with Crippen LogP contribution in [0.1, 0.15) is 28.5 Å². The van der Waals surface area contributed by atoms with E-state index < -0.39 is 0 Å². The summed E-state index contributed by atoms with van der Waals surface area (Å²) < 4.78 is 0. The summed E-state index contributed by atoms with van der Waals surface area (Å²) in [7, 11) is 0. The Morgan fingerprint density at radius 3 is 2.52 bits per heavy atom. The van der Waals surface area contributed by atoms with Gasteiger partial charge in [0.05, 0.1) is 0 Å². The molecule has 138 valence electrons. The average molecular weight is 379 g/mol. The van der Waals surface area contributed by atoms with E-state index in [0.717, 1.165) is 27.4 Å². The lowest BCUT2D eigenvalue weighted by atomic mass is 10.1. The minimum absolute atomic E-state index is 0.0941. The van der Waals surface area contributed by atoms with Gasteiger partial charge in [0, 0.05) is 30.1 Å². The zero-order valence-corrected chi connectivity index (χ0v) is 16.1. The molecule has 2 N–H and O–H groups in total. The van der Waals surface area contributed by atoms with Crippen LogP contribution in [0.15, 0.2) is 53.9 Å². The monoisotopic (exact) mass is 379 g/mol. The summed E-state index contributed by atoms with van der Waals surface area (Å²) in [5, 5.41) is 8.29. The maximum Gasteiger partial charge on any atom is 0.270 e. The van der Waals surface area contributed by atoms with Crippen LogP contribution in [0, 0.1) is 6.92 Å². The van der Waals surface area contributed by atoms with Gasteiger partial charge in [0.1, 0.15) is 10.7 Å². The molecule has 0 spiro atoms. The van der Waals surface area contributed by atoms with Crippen molar-refractivity contribution in [2.75, 3.05) is 11.9 Å².